The smallest absolute Gasteiger partial charge is 0.257 e. The fraction of sp³-hybridized carbons (Fsp3) is 0.381. The van der Waals surface area contributed by atoms with Gasteiger partial charge in [0, 0.05) is 13.1 Å². The van der Waals surface area contributed by atoms with Crippen molar-refractivity contribution in [3.63, 3.8) is 0 Å². The number of piperidine rings is 1. The number of carbonyl (C=O) groups excluding carboxylic acids is 1. The summed E-state index contributed by atoms with van der Waals surface area (Å²) in [4.78, 5) is 12.8. The van der Waals surface area contributed by atoms with Gasteiger partial charge in [-0.3, -0.25) is 4.79 Å². The molecular weight excluding hydrogens is 466 g/mol. The number of halogens is 3. The Morgan fingerprint density at radius 1 is 1.10 bits per heavy atom. The summed E-state index contributed by atoms with van der Waals surface area (Å²) in [7, 11) is -3.73. The van der Waals surface area contributed by atoms with Crippen LogP contribution in [0.4, 0.5) is 10.1 Å². The van der Waals surface area contributed by atoms with E-state index in [-0.39, 0.29) is 38.0 Å². The van der Waals surface area contributed by atoms with Crippen LogP contribution in [0.1, 0.15) is 43.5 Å². The molecule has 0 radical (unpaired) electrons. The minimum absolute atomic E-state index is 0.0349. The first-order valence-corrected chi connectivity index (χ1v) is 12.1. The van der Waals surface area contributed by atoms with Crippen LogP contribution < -0.4 is 10.1 Å². The summed E-state index contributed by atoms with van der Waals surface area (Å²) in [6.07, 6.45) is 2.37. The van der Waals surface area contributed by atoms with Crippen molar-refractivity contribution >= 4 is 44.8 Å². The Balaban J connectivity index is 1.98. The van der Waals surface area contributed by atoms with Gasteiger partial charge in [0.25, 0.3) is 5.91 Å². The molecule has 1 N–H and O–H groups in total. The van der Waals surface area contributed by atoms with Gasteiger partial charge in [0.15, 0.2) is 0 Å². The first kappa shape index (κ1) is 23.8. The molecule has 168 valence electrons. The van der Waals surface area contributed by atoms with E-state index in [1.807, 2.05) is 0 Å². The molecular formula is C21H23Cl2FN2O4S. The first-order valence-electron chi connectivity index (χ1n) is 9.86. The lowest BCUT2D eigenvalue weighted by Crippen LogP contribution is -2.35. The van der Waals surface area contributed by atoms with Crippen molar-refractivity contribution < 1.29 is 22.3 Å². The highest BCUT2D eigenvalue weighted by Gasteiger charge is 2.27. The standard InChI is InChI=1S/C21H23Cl2FN2O4S/c1-13(2)30-20-7-6-14(31(28,29)26-8-4-3-5-9-26)10-19(20)25-21(27)15-11-18(24)17(23)12-16(15)22/h6-7,10-13H,3-5,8-9H2,1-2H3,(H,25,27). The Hall–Kier alpha value is -1.87. The van der Waals surface area contributed by atoms with Crippen molar-refractivity contribution in [1.29, 1.82) is 0 Å². The predicted molar refractivity (Wildman–Crippen MR) is 119 cm³/mol. The molecule has 2 aromatic rings. The fourth-order valence-electron chi connectivity index (χ4n) is 3.26. The second-order valence-corrected chi connectivity index (χ2v) is 10.2. The molecule has 0 atom stereocenters. The second-order valence-electron chi connectivity index (χ2n) is 7.49. The van der Waals surface area contributed by atoms with Crippen molar-refractivity contribution in [2.45, 2.75) is 44.1 Å². The summed E-state index contributed by atoms with van der Waals surface area (Å²) < 4.78 is 47.1. The summed E-state index contributed by atoms with van der Waals surface area (Å²) in [6, 6.07) is 6.36. The third-order valence-corrected chi connectivity index (χ3v) is 7.27. The van der Waals surface area contributed by atoms with Crippen LogP contribution in [0.2, 0.25) is 10.0 Å². The van der Waals surface area contributed by atoms with E-state index in [4.69, 9.17) is 27.9 Å². The summed E-state index contributed by atoms with van der Waals surface area (Å²) in [5, 5.41) is 2.35. The van der Waals surface area contributed by atoms with Crippen molar-refractivity contribution in [3.05, 3.63) is 51.8 Å². The lowest BCUT2D eigenvalue weighted by molar-refractivity contribution is 0.102. The lowest BCUT2D eigenvalue weighted by atomic mass is 10.2. The number of anilines is 1. The molecule has 0 bridgehead atoms. The van der Waals surface area contributed by atoms with Crippen molar-refractivity contribution in [1.82, 2.24) is 4.31 Å². The molecule has 1 heterocycles. The maximum absolute atomic E-state index is 13.9. The fourth-order valence-corrected chi connectivity index (χ4v) is 5.28. The molecule has 1 amide bonds. The van der Waals surface area contributed by atoms with Crippen molar-refractivity contribution in [2.75, 3.05) is 18.4 Å². The second kappa shape index (κ2) is 9.73. The molecule has 1 aliphatic heterocycles. The number of nitrogens with zero attached hydrogens (tertiary/aromatic N) is 1. The number of nitrogens with one attached hydrogen (secondary N) is 1. The van der Waals surface area contributed by atoms with E-state index in [1.165, 1.54) is 22.5 Å². The largest absolute Gasteiger partial charge is 0.489 e. The number of hydrogen-bond acceptors (Lipinski definition) is 4. The first-order chi connectivity index (χ1) is 14.6. The number of rotatable bonds is 6. The van der Waals surface area contributed by atoms with Gasteiger partial charge in [-0.15, -0.1) is 0 Å². The monoisotopic (exact) mass is 488 g/mol. The van der Waals surface area contributed by atoms with Crippen LogP contribution in [0.5, 0.6) is 5.75 Å². The average Bonchev–Trinajstić information content (AvgIpc) is 2.72. The third-order valence-electron chi connectivity index (χ3n) is 4.77. The molecule has 0 unspecified atom stereocenters. The molecule has 31 heavy (non-hydrogen) atoms. The zero-order valence-electron chi connectivity index (χ0n) is 17.1. The highest BCUT2D eigenvalue weighted by Crippen LogP contribution is 2.32. The van der Waals surface area contributed by atoms with E-state index in [9.17, 15) is 17.6 Å². The minimum atomic E-state index is -3.73. The van der Waals surface area contributed by atoms with Gasteiger partial charge < -0.3 is 10.1 Å². The molecule has 3 rings (SSSR count). The van der Waals surface area contributed by atoms with Gasteiger partial charge in [0.1, 0.15) is 11.6 Å². The third kappa shape index (κ3) is 5.49. The Labute approximate surface area is 191 Å². The van der Waals surface area contributed by atoms with Gasteiger partial charge in [0.2, 0.25) is 10.0 Å². The van der Waals surface area contributed by atoms with Gasteiger partial charge in [0.05, 0.1) is 32.3 Å². The maximum Gasteiger partial charge on any atom is 0.257 e. The molecule has 1 saturated heterocycles. The van der Waals surface area contributed by atoms with Gasteiger partial charge in [-0.05, 0) is 57.0 Å². The van der Waals surface area contributed by atoms with E-state index in [0.29, 0.717) is 13.1 Å². The molecule has 1 fully saturated rings. The summed E-state index contributed by atoms with van der Waals surface area (Å²) in [5.41, 5.74) is 0.00608. The zero-order valence-corrected chi connectivity index (χ0v) is 19.5. The Bertz CT molecular complexity index is 1090. The quantitative estimate of drug-likeness (QED) is 0.556. The van der Waals surface area contributed by atoms with E-state index in [1.54, 1.807) is 13.8 Å². The van der Waals surface area contributed by atoms with Gasteiger partial charge in [-0.25, -0.2) is 12.8 Å². The van der Waals surface area contributed by atoms with Crippen LogP contribution in [0.3, 0.4) is 0 Å². The molecule has 0 aromatic heterocycles. The highest BCUT2D eigenvalue weighted by atomic mass is 35.5. The summed E-state index contributed by atoms with van der Waals surface area (Å²) in [5.74, 6) is -1.23. The molecule has 10 heteroatoms. The Kier molecular flexibility index (Phi) is 7.47. The number of sulfonamides is 1. The van der Waals surface area contributed by atoms with Crippen LogP contribution >= 0.6 is 23.2 Å². The van der Waals surface area contributed by atoms with Crippen LogP contribution in [0, 0.1) is 5.82 Å². The number of hydrogen-bond donors (Lipinski definition) is 1. The molecule has 0 saturated carbocycles. The molecule has 0 spiro atoms. The van der Waals surface area contributed by atoms with Crippen LogP contribution in [0.15, 0.2) is 35.2 Å². The number of carbonyl (C=O) groups is 1. The minimum Gasteiger partial charge on any atom is -0.489 e. The Morgan fingerprint density at radius 2 is 1.77 bits per heavy atom. The summed E-state index contributed by atoms with van der Waals surface area (Å²) in [6.45, 7) is 4.51. The maximum atomic E-state index is 13.9. The highest BCUT2D eigenvalue weighted by molar-refractivity contribution is 7.89. The topological polar surface area (TPSA) is 75.7 Å². The van der Waals surface area contributed by atoms with Gasteiger partial charge in [-0.2, -0.15) is 4.31 Å². The number of amides is 1. The van der Waals surface area contributed by atoms with E-state index in [2.05, 4.69) is 5.32 Å². The van der Waals surface area contributed by atoms with E-state index >= 15 is 0 Å². The van der Waals surface area contributed by atoms with Crippen molar-refractivity contribution in [3.8, 4) is 5.75 Å². The van der Waals surface area contributed by atoms with Crippen molar-refractivity contribution in [2.24, 2.45) is 0 Å². The average molecular weight is 489 g/mol. The van der Waals surface area contributed by atoms with Gasteiger partial charge in [-0.1, -0.05) is 29.6 Å². The number of benzene rings is 2. The van der Waals surface area contributed by atoms with E-state index < -0.39 is 21.7 Å². The molecule has 2 aromatic carbocycles. The van der Waals surface area contributed by atoms with E-state index in [0.717, 1.165) is 31.4 Å². The summed E-state index contributed by atoms with van der Waals surface area (Å²) >= 11 is 11.7. The molecule has 1 aliphatic rings. The SMILES string of the molecule is CC(C)Oc1ccc(S(=O)(=O)N2CCCCC2)cc1NC(=O)c1cc(F)c(Cl)cc1Cl. The normalized spacial score (nSPS) is 15.2. The molecule has 6 nitrogen and oxygen atoms in total. The van der Waals surface area contributed by atoms with Crippen LogP contribution in [0.25, 0.3) is 0 Å². The predicted octanol–water partition coefficient (Wildman–Crippen LogP) is 5.35. The van der Waals surface area contributed by atoms with Crippen LogP contribution in [-0.2, 0) is 10.0 Å². The van der Waals surface area contributed by atoms with Gasteiger partial charge >= 0.3 is 0 Å². The number of ether oxygens (including phenoxy) is 1. The van der Waals surface area contributed by atoms with Crippen LogP contribution in [-0.4, -0.2) is 37.8 Å². The molecule has 0 aliphatic carbocycles. The zero-order chi connectivity index (χ0) is 22.8. The Morgan fingerprint density at radius 3 is 2.42 bits per heavy atom. The lowest BCUT2D eigenvalue weighted by Gasteiger charge is -2.26.